The van der Waals surface area contributed by atoms with Crippen molar-refractivity contribution < 1.29 is 18.3 Å². The predicted octanol–water partition coefficient (Wildman–Crippen LogP) is 0.356. The van der Waals surface area contributed by atoms with Gasteiger partial charge in [-0.2, -0.15) is 0 Å². The number of hydrogen-bond acceptors (Lipinski definition) is 3. The molecule has 0 amide bonds. The van der Waals surface area contributed by atoms with Gasteiger partial charge < -0.3 is 4.74 Å². The zero-order valence-corrected chi connectivity index (χ0v) is 6.80. The monoisotopic (exact) mass is 179 g/mol. The Morgan fingerprint density at radius 1 is 1.67 bits per heavy atom. The fourth-order valence-corrected chi connectivity index (χ4v) is 1.23. The summed E-state index contributed by atoms with van der Waals surface area (Å²) in [6, 6.07) is 0. The van der Waals surface area contributed by atoms with Gasteiger partial charge in [-0.15, -0.1) is 0 Å². The summed E-state index contributed by atoms with van der Waals surface area (Å²) in [5, 5.41) is 0. The van der Waals surface area contributed by atoms with Crippen LogP contribution in [0.2, 0.25) is 0 Å². The van der Waals surface area contributed by atoms with Crippen LogP contribution in [0.25, 0.3) is 0 Å². The summed E-state index contributed by atoms with van der Waals surface area (Å²) in [6.07, 6.45) is -2.32. The van der Waals surface area contributed by atoms with E-state index in [4.69, 9.17) is 0 Å². The number of ether oxygens (including phenoxy) is 1. The second kappa shape index (κ2) is 3.80. The third kappa shape index (κ3) is 2.14. The quantitative estimate of drug-likeness (QED) is 0.586. The van der Waals surface area contributed by atoms with Gasteiger partial charge in [-0.3, -0.25) is 9.69 Å². The molecule has 5 heteroatoms. The fraction of sp³-hybridized carbons (Fsp3) is 0.857. The zero-order chi connectivity index (χ0) is 9.14. The number of carbonyl (C=O) groups excluding carboxylic acids is 1. The van der Waals surface area contributed by atoms with E-state index >= 15 is 0 Å². The molecule has 1 fully saturated rings. The highest BCUT2D eigenvalue weighted by atomic mass is 19.3. The molecule has 1 aliphatic heterocycles. The van der Waals surface area contributed by atoms with Crippen LogP contribution in [0.3, 0.4) is 0 Å². The van der Waals surface area contributed by atoms with Gasteiger partial charge in [-0.05, 0) is 0 Å². The van der Waals surface area contributed by atoms with E-state index in [-0.39, 0.29) is 18.4 Å². The Balaban J connectivity index is 2.15. The van der Waals surface area contributed by atoms with Crippen LogP contribution < -0.4 is 0 Å². The first-order valence-electron chi connectivity index (χ1n) is 3.72. The van der Waals surface area contributed by atoms with Crippen LogP contribution in [-0.4, -0.2) is 44.0 Å². The standard InChI is InChI=1S/C7H11F2NO2/c1-12-7(11)5-2-10(3-5)4-6(8)9/h5-6H,2-4H2,1H3. The number of likely N-dealkylation sites (tertiary alicyclic amines) is 1. The van der Waals surface area contributed by atoms with Gasteiger partial charge >= 0.3 is 5.97 Å². The molecule has 0 aromatic rings. The lowest BCUT2D eigenvalue weighted by molar-refractivity contribution is -0.152. The molecule has 0 aromatic carbocycles. The van der Waals surface area contributed by atoms with Crippen molar-refractivity contribution in [2.24, 2.45) is 5.92 Å². The smallest absolute Gasteiger partial charge is 0.311 e. The van der Waals surface area contributed by atoms with Gasteiger partial charge in [0.05, 0.1) is 19.6 Å². The molecule has 12 heavy (non-hydrogen) atoms. The summed E-state index contributed by atoms with van der Waals surface area (Å²) in [5.41, 5.74) is 0. The van der Waals surface area contributed by atoms with Crippen LogP contribution in [0.5, 0.6) is 0 Å². The Morgan fingerprint density at radius 2 is 2.25 bits per heavy atom. The van der Waals surface area contributed by atoms with Crippen LogP contribution in [0.4, 0.5) is 8.78 Å². The number of halogens is 2. The minimum absolute atomic E-state index is 0.200. The van der Waals surface area contributed by atoms with E-state index < -0.39 is 6.43 Å². The Morgan fingerprint density at radius 3 is 2.67 bits per heavy atom. The molecule has 0 aliphatic carbocycles. The maximum absolute atomic E-state index is 11.8. The van der Waals surface area contributed by atoms with Crippen molar-refractivity contribution >= 4 is 5.97 Å². The average molecular weight is 179 g/mol. The first-order chi connectivity index (χ1) is 5.63. The predicted molar refractivity (Wildman–Crippen MR) is 38.0 cm³/mol. The Hall–Kier alpha value is -0.710. The van der Waals surface area contributed by atoms with E-state index in [0.717, 1.165) is 0 Å². The van der Waals surface area contributed by atoms with E-state index in [1.54, 1.807) is 0 Å². The van der Waals surface area contributed by atoms with Crippen LogP contribution in [-0.2, 0) is 9.53 Å². The number of esters is 1. The topological polar surface area (TPSA) is 29.5 Å². The molecule has 70 valence electrons. The molecule has 1 saturated heterocycles. The molecular weight excluding hydrogens is 168 g/mol. The second-order valence-corrected chi connectivity index (χ2v) is 2.83. The molecular formula is C7H11F2NO2. The molecule has 0 radical (unpaired) electrons. The molecule has 0 spiro atoms. The maximum atomic E-state index is 11.8. The summed E-state index contributed by atoms with van der Waals surface area (Å²) < 4.78 is 28.0. The summed E-state index contributed by atoms with van der Waals surface area (Å²) in [6.45, 7) is 0.557. The first kappa shape index (κ1) is 9.38. The van der Waals surface area contributed by atoms with Crippen molar-refractivity contribution in [3.05, 3.63) is 0 Å². The van der Waals surface area contributed by atoms with E-state index in [9.17, 15) is 13.6 Å². The molecule has 1 rings (SSSR count). The van der Waals surface area contributed by atoms with E-state index in [2.05, 4.69) is 4.74 Å². The number of rotatable bonds is 3. The minimum Gasteiger partial charge on any atom is -0.469 e. The van der Waals surface area contributed by atoms with Gasteiger partial charge in [0.25, 0.3) is 6.43 Å². The maximum Gasteiger partial charge on any atom is 0.311 e. The van der Waals surface area contributed by atoms with Crippen LogP contribution in [0.15, 0.2) is 0 Å². The highest BCUT2D eigenvalue weighted by Gasteiger charge is 2.34. The molecule has 0 unspecified atom stereocenters. The van der Waals surface area contributed by atoms with Gasteiger partial charge in [-0.25, -0.2) is 8.78 Å². The summed E-state index contributed by atoms with van der Waals surface area (Å²) in [4.78, 5) is 12.3. The summed E-state index contributed by atoms with van der Waals surface area (Å²) in [5.74, 6) is -0.505. The van der Waals surface area contributed by atoms with Crippen molar-refractivity contribution in [2.45, 2.75) is 6.43 Å². The van der Waals surface area contributed by atoms with Crippen molar-refractivity contribution in [3.8, 4) is 0 Å². The number of alkyl halides is 2. The third-order valence-corrected chi connectivity index (χ3v) is 1.89. The molecule has 0 N–H and O–H groups in total. The van der Waals surface area contributed by atoms with Crippen molar-refractivity contribution in [1.82, 2.24) is 4.90 Å². The molecule has 0 aromatic heterocycles. The van der Waals surface area contributed by atoms with Crippen LogP contribution >= 0.6 is 0 Å². The van der Waals surface area contributed by atoms with Gasteiger partial charge in [0, 0.05) is 13.1 Å². The lowest BCUT2D eigenvalue weighted by atomic mass is 10.0. The fourth-order valence-electron chi connectivity index (χ4n) is 1.23. The normalized spacial score (nSPS) is 19.3. The van der Waals surface area contributed by atoms with Crippen molar-refractivity contribution in [2.75, 3.05) is 26.7 Å². The van der Waals surface area contributed by atoms with Gasteiger partial charge in [0.15, 0.2) is 0 Å². The van der Waals surface area contributed by atoms with Crippen LogP contribution in [0.1, 0.15) is 0 Å². The van der Waals surface area contributed by atoms with Crippen molar-refractivity contribution in [1.29, 1.82) is 0 Å². The Kier molecular flexibility index (Phi) is 2.97. The third-order valence-electron chi connectivity index (χ3n) is 1.89. The Labute approximate surface area is 69.3 Å². The van der Waals surface area contributed by atoms with Gasteiger partial charge in [-0.1, -0.05) is 0 Å². The summed E-state index contributed by atoms with van der Waals surface area (Å²) in [7, 11) is 1.30. The number of nitrogens with zero attached hydrogens (tertiary/aromatic N) is 1. The minimum atomic E-state index is -2.32. The average Bonchev–Trinajstić information content (AvgIpc) is 1.94. The highest BCUT2D eigenvalue weighted by molar-refractivity contribution is 5.73. The number of carbonyl (C=O) groups is 1. The lowest BCUT2D eigenvalue weighted by Gasteiger charge is -2.36. The SMILES string of the molecule is COC(=O)C1CN(CC(F)F)C1. The van der Waals surface area contributed by atoms with Gasteiger partial charge in [0.1, 0.15) is 0 Å². The molecule has 1 heterocycles. The largest absolute Gasteiger partial charge is 0.469 e. The highest BCUT2D eigenvalue weighted by Crippen LogP contribution is 2.17. The number of methoxy groups -OCH3 is 1. The van der Waals surface area contributed by atoms with E-state index in [1.165, 1.54) is 12.0 Å². The molecule has 0 saturated carbocycles. The lowest BCUT2D eigenvalue weighted by Crippen LogP contribution is -2.52. The van der Waals surface area contributed by atoms with Gasteiger partial charge in [0.2, 0.25) is 0 Å². The Bertz CT molecular complexity index is 169. The molecule has 3 nitrogen and oxygen atoms in total. The zero-order valence-electron chi connectivity index (χ0n) is 6.80. The number of hydrogen-bond donors (Lipinski definition) is 0. The molecule has 1 aliphatic rings. The summed E-state index contributed by atoms with van der Waals surface area (Å²) >= 11 is 0. The van der Waals surface area contributed by atoms with Crippen molar-refractivity contribution in [3.63, 3.8) is 0 Å². The van der Waals surface area contributed by atoms with Crippen LogP contribution in [0, 0.1) is 5.92 Å². The van der Waals surface area contributed by atoms with E-state index in [0.29, 0.717) is 13.1 Å². The molecule has 0 bridgehead atoms. The first-order valence-corrected chi connectivity index (χ1v) is 3.72. The second-order valence-electron chi connectivity index (χ2n) is 2.83. The molecule has 0 atom stereocenters. The van der Waals surface area contributed by atoms with E-state index in [1.807, 2.05) is 0 Å².